The van der Waals surface area contributed by atoms with Crippen LogP contribution in [0.3, 0.4) is 0 Å². The minimum Gasteiger partial charge on any atom is -0.361 e. The van der Waals surface area contributed by atoms with Crippen LogP contribution in [0.4, 0.5) is 10.5 Å². The van der Waals surface area contributed by atoms with E-state index in [1.54, 1.807) is 26.1 Å². The lowest BCUT2D eigenvalue weighted by atomic mass is 10.1. The molecule has 2 aromatic rings. The SMILES string of the molecule is Cc1noc(C)c1CNC(=O)N(C)[C@@H](C)c1cccc([N+](=O)[O-])c1. The molecule has 0 fully saturated rings. The Morgan fingerprint density at radius 2 is 2.17 bits per heavy atom. The Bertz CT molecular complexity index is 737. The number of nitrogens with one attached hydrogen (secondary N) is 1. The molecule has 0 bridgehead atoms. The molecule has 8 nitrogen and oxygen atoms in total. The van der Waals surface area contributed by atoms with Gasteiger partial charge in [-0.3, -0.25) is 10.1 Å². The highest BCUT2D eigenvalue weighted by molar-refractivity contribution is 5.74. The molecule has 2 amide bonds. The van der Waals surface area contributed by atoms with Crippen LogP contribution in [-0.4, -0.2) is 28.1 Å². The van der Waals surface area contributed by atoms with Gasteiger partial charge in [0.15, 0.2) is 0 Å². The third-order valence-electron chi connectivity index (χ3n) is 4.06. The zero-order valence-electron chi connectivity index (χ0n) is 14.1. The van der Waals surface area contributed by atoms with Crippen LogP contribution in [0, 0.1) is 24.0 Å². The van der Waals surface area contributed by atoms with Gasteiger partial charge in [0, 0.05) is 31.3 Å². The number of carbonyl (C=O) groups is 1. The fourth-order valence-electron chi connectivity index (χ4n) is 2.34. The predicted octanol–water partition coefficient (Wildman–Crippen LogP) is 3.10. The van der Waals surface area contributed by atoms with Crippen molar-refractivity contribution in [3.05, 3.63) is 57.0 Å². The first-order valence-corrected chi connectivity index (χ1v) is 7.48. The number of benzene rings is 1. The standard InChI is InChI=1S/C16H20N4O4/c1-10-15(12(3)24-18-10)9-17-16(21)19(4)11(2)13-6-5-7-14(8-13)20(22)23/h5-8,11H,9H2,1-4H3,(H,17,21)/t11-/m0/s1. The summed E-state index contributed by atoms with van der Waals surface area (Å²) in [5, 5.41) is 17.5. The van der Waals surface area contributed by atoms with Crippen LogP contribution < -0.4 is 5.32 Å². The highest BCUT2D eigenvalue weighted by Gasteiger charge is 2.20. The van der Waals surface area contributed by atoms with E-state index < -0.39 is 4.92 Å². The number of rotatable bonds is 5. The molecule has 0 aliphatic heterocycles. The molecule has 1 aromatic carbocycles. The Labute approximate surface area is 139 Å². The Morgan fingerprint density at radius 3 is 2.75 bits per heavy atom. The number of nitrogens with zero attached hydrogens (tertiary/aromatic N) is 3. The molecule has 0 saturated heterocycles. The maximum Gasteiger partial charge on any atom is 0.317 e. The Kier molecular flexibility index (Phi) is 5.18. The van der Waals surface area contributed by atoms with Gasteiger partial charge in [0.05, 0.1) is 16.7 Å². The number of urea groups is 1. The van der Waals surface area contributed by atoms with Crippen LogP contribution in [0.5, 0.6) is 0 Å². The quantitative estimate of drug-likeness (QED) is 0.669. The second-order valence-corrected chi connectivity index (χ2v) is 5.60. The highest BCUT2D eigenvalue weighted by Crippen LogP contribution is 2.23. The van der Waals surface area contributed by atoms with Gasteiger partial charge in [-0.15, -0.1) is 0 Å². The molecule has 8 heteroatoms. The van der Waals surface area contributed by atoms with Crippen molar-refractivity contribution < 1.29 is 14.2 Å². The molecule has 1 atom stereocenters. The van der Waals surface area contributed by atoms with Gasteiger partial charge in [-0.1, -0.05) is 17.3 Å². The molecule has 2 rings (SSSR count). The number of carbonyl (C=O) groups excluding carboxylic acids is 1. The monoisotopic (exact) mass is 332 g/mol. The molecule has 24 heavy (non-hydrogen) atoms. The van der Waals surface area contributed by atoms with E-state index in [0.29, 0.717) is 17.9 Å². The average molecular weight is 332 g/mol. The first-order valence-electron chi connectivity index (χ1n) is 7.48. The zero-order chi connectivity index (χ0) is 17.9. The lowest BCUT2D eigenvalue weighted by Gasteiger charge is -2.25. The van der Waals surface area contributed by atoms with Gasteiger partial charge in [0.1, 0.15) is 5.76 Å². The summed E-state index contributed by atoms with van der Waals surface area (Å²) in [5.41, 5.74) is 2.28. The largest absolute Gasteiger partial charge is 0.361 e. The second kappa shape index (κ2) is 7.12. The van der Waals surface area contributed by atoms with Crippen molar-refractivity contribution in [2.45, 2.75) is 33.4 Å². The number of nitro groups is 1. The first kappa shape index (κ1) is 17.5. The van der Waals surface area contributed by atoms with Crippen molar-refractivity contribution in [3.63, 3.8) is 0 Å². The van der Waals surface area contributed by atoms with E-state index in [1.807, 2.05) is 13.8 Å². The summed E-state index contributed by atoms with van der Waals surface area (Å²) in [4.78, 5) is 24.2. The smallest absolute Gasteiger partial charge is 0.317 e. The summed E-state index contributed by atoms with van der Waals surface area (Å²) >= 11 is 0. The average Bonchev–Trinajstić information content (AvgIpc) is 2.89. The molecule has 1 heterocycles. The molecule has 0 radical (unpaired) electrons. The topological polar surface area (TPSA) is 102 Å². The van der Waals surface area contributed by atoms with E-state index >= 15 is 0 Å². The third-order valence-corrected chi connectivity index (χ3v) is 4.06. The summed E-state index contributed by atoms with van der Waals surface area (Å²) in [6.45, 7) is 5.73. The molecular formula is C16H20N4O4. The summed E-state index contributed by atoms with van der Waals surface area (Å²) in [6, 6.07) is 5.68. The van der Waals surface area contributed by atoms with Gasteiger partial charge in [-0.2, -0.15) is 0 Å². The third kappa shape index (κ3) is 3.70. The van der Waals surface area contributed by atoms with E-state index in [9.17, 15) is 14.9 Å². The van der Waals surface area contributed by atoms with Crippen LogP contribution in [0.15, 0.2) is 28.8 Å². The van der Waals surface area contributed by atoms with E-state index in [1.165, 1.54) is 17.0 Å². The number of aromatic nitrogens is 1. The Balaban J connectivity index is 2.04. The van der Waals surface area contributed by atoms with Crippen molar-refractivity contribution in [2.75, 3.05) is 7.05 Å². The normalized spacial score (nSPS) is 11.8. The van der Waals surface area contributed by atoms with Gasteiger partial charge in [-0.25, -0.2) is 4.79 Å². The molecule has 0 saturated carbocycles. The van der Waals surface area contributed by atoms with E-state index in [4.69, 9.17) is 4.52 Å². The first-order chi connectivity index (χ1) is 11.3. The molecule has 0 spiro atoms. The van der Waals surface area contributed by atoms with Crippen molar-refractivity contribution in [1.82, 2.24) is 15.4 Å². The van der Waals surface area contributed by atoms with Gasteiger partial charge in [-0.05, 0) is 26.3 Å². The lowest BCUT2D eigenvalue weighted by molar-refractivity contribution is -0.384. The molecule has 0 aliphatic carbocycles. The summed E-state index contributed by atoms with van der Waals surface area (Å²) in [5.74, 6) is 0.669. The summed E-state index contributed by atoms with van der Waals surface area (Å²) < 4.78 is 5.06. The predicted molar refractivity (Wildman–Crippen MR) is 87.5 cm³/mol. The van der Waals surface area contributed by atoms with Gasteiger partial charge in [0.2, 0.25) is 0 Å². The highest BCUT2D eigenvalue weighted by atomic mass is 16.6. The zero-order valence-corrected chi connectivity index (χ0v) is 14.1. The molecule has 1 aromatic heterocycles. The molecule has 0 aliphatic rings. The molecule has 128 valence electrons. The minimum atomic E-state index is -0.451. The van der Waals surface area contributed by atoms with E-state index in [0.717, 1.165) is 11.3 Å². The van der Waals surface area contributed by atoms with Gasteiger partial charge >= 0.3 is 6.03 Å². The number of amides is 2. The van der Waals surface area contributed by atoms with Crippen molar-refractivity contribution in [2.24, 2.45) is 0 Å². The van der Waals surface area contributed by atoms with Crippen LogP contribution >= 0.6 is 0 Å². The fraction of sp³-hybridized carbons (Fsp3) is 0.375. The fourth-order valence-corrected chi connectivity index (χ4v) is 2.34. The van der Waals surface area contributed by atoms with Crippen molar-refractivity contribution in [1.29, 1.82) is 0 Å². The number of hydrogen-bond acceptors (Lipinski definition) is 5. The lowest BCUT2D eigenvalue weighted by Crippen LogP contribution is -2.38. The van der Waals surface area contributed by atoms with Crippen LogP contribution in [0.25, 0.3) is 0 Å². The van der Waals surface area contributed by atoms with Crippen molar-refractivity contribution >= 4 is 11.7 Å². The maximum absolute atomic E-state index is 12.3. The number of hydrogen-bond donors (Lipinski definition) is 1. The van der Waals surface area contributed by atoms with Crippen LogP contribution in [-0.2, 0) is 6.54 Å². The van der Waals surface area contributed by atoms with Crippen LogP contribution in [0.2, 0.25) is 0 Å². The Morgan fingerprint density at radius 1 is 1.46 bits per heavy atom. The van der Waals surface area contributed by atoms with Crippen LogP contribution in [0.1, 0.15) is 35.5 Å². The van der Waals surface area contributed by atoms with E-state index in [-0.39, 0.29) is 17.8 Å². The number of non-ortho nitro benzene ring substituents is 1. The number of nitro benzene ring substituents is 1. The molecule has 0 unspecified atom stereocenters. The summed E-state index contributed by atoms with van der Waals surface area (Å²) in [7, 11) is 1.65. The van der Waals surface area contributed by atoms with Gasteiger partial charge < -0.3 is 14.7 Å². The number of aryl methyl sites for hydroxylation is 2. The minimum absolute atomic E-state index is 0.00359. The molecule has 1 N–H and O–H groups in total. The van der Waals surface area contributed by atoms with E-state index in [2.05, 4.69) is 10.5 Å². The Hall–Kier alpha value is -2.90. The second-order valence-electron chi connectivity index (χ2n) is 5.60. The summed E-state index contributed by atoms with van der Waals surface area (Å²) in [6.07, 6.45) is 0. The van der Waals surface area contributed by atoms with Crippen molar-refractivity contribution in [3.8, 4) is 0 Å². The molecular weight excluding hydrogens is 312 g/mol. The van der Waals surface area contributed by atoms with Gasteiger partial charge in [0.25, 0.3) is 5.69 Å². The maximum atomic E-state index is 12.3.